The number of esters is 1. The molecular weight excluding hydrogens is 403 g/mol. The minimum absolute atomic E-state index is 0.112. The Morgan fingerprint density at radius 1 is 0.935 bits per heavy atom. The lowest BCUT2D eigenvalue weighted by Crippen LogP contribution is -2.08. The highest BCUT2D eigenvalue weighted by atomic mass is 19.1. The first kappa shape index (κ1) is 20.2. The molecule has 156 valence electrons. The van der Waals surface area contributed by atoms with Crippen LogP contribution < -0.4 is 18.9 Å². The van der Waals surface area contributed by atoms with Crippen molar-refractivity contribution in [3.63, 3.8) is 0 Å². The quantitative estimate of drug-likeness (QED) is 0.339. The van der Waals surface area contributed by atoms with Gasteiger partial charge in [0.05, 0.1) is 25.3 Å². The fraction of sp³-hybridized carbons (Fsp3) is 0.0833. The first-order chi connectivity index (χ1) is 15.0. The Morgan fingerprint density at radius 3 is 2.39 bits per heavy atom. The summed E-state index contributed by atoms with van der Waals surface area (Å²) in [4.78, 5) is 24.9. The summed E-state index contributed by atoms with van der Waals surface area (Å²) in [5.74, 6) is 0.320. The van der Waals surface area contributed by atoms with Crippen molar-refractivity contribution in [2.75, 3.05) is 14.2 Å². The van der Waals surface area contributed by atoms with Crippen molar-refractivity contribution in [1.82, 2.24) is 0 Å². The predicted octanol–water partition coefficient (Wildman–Crippen LogP) is 4.68. The van der Waals surface area contributed by atoms with Gasteiger partial charge in [0.25, 0.3) is 0 Å². The Kier molecular flexibility index (Phi) is 5.41. The first-order valence-electron chi connectivity index (χ1n) is 9.26. The van der Waals surface area contributed by atoms with E-state index in [1.807, 2.05) is 0 Å². The van der Waals surface area contributed by atoms with Crippen molar-refractivity contribution in [3.8, 4) is 23.0 Å². The first-order valence-corrected chi connectivity index (χ1v) is 9.26. The van der Waals surface area contributed by atoms with Gasteiger partial charge >= 0.3 is 5.97 Å². The van der Waals surface area contributed by atoms with Gasteiger partial charge < -0.3 is 18.9 Å². The third-order valence-electron chi connectivity index (χ3n) is 4.66. The molecule has 0 aliphatic carbocycles. The molecule has 1 heterocycles. The van der Waals surface area contributed by atoms with Crippen LogP contribution in [0.2, 0.25) is 0 Å². The van der Waals surface area contributed by atoms with E-state index < -0.39 is 11.8 Å². The zero-order valence-electron chi connectivity index (χ0n) is 16.7. The summed E-state index contributed by atoms with van der Waals surface area (Å²) >= 11 is 0. The van der Waals surface area contributed by atoms with E-state index in [9.17, 15) is 14.0 Å². The average Bonchev–Trinajstić information content (AvgIpc) is 3.09. The van der Waals surface area contributed by atoms with Crippen molar-refractivity contribution < 1.29 is 32.9 Å². The number of fused-ring (bicyclic) bond motifs is 1. The van der Waals surface area contributed by atoms with Crippen LogP contribution in [0.15, 0.2) is 66.4 Å². The highest BCUT2D eigenvalue weighted by Crippen LogP contribution is 2.36. The molecule has 7 heteroatoms. The van der Waals surface area contributed by atoms with Crippen molar-refractivity contribution in [1.29, 1.82) is 0 Å². The summed E-state index contributed by atoms with van der Waals surface area (Å²) in [5.41, 5.74) is 1.19. The second-order valence-corrected chi connectivity index (χ2v) is 6.60. The minimum Gasteiger partial charge on any atom is -0.497 e. The maximum atomic E-state index is 13.0. The Labute approximate surface area is 177 Å². The van der Waals surface area contributed by atoms with Crippen molar-refractivity contribution >= 4 is 17.8 Å². The molecule has 0 amide bonds. The lowest BCUT2D eigenvalue weighted by Gasteiger charge is -2.08. The van der Waals surface area contributed by atoms with E-state index in [0.29, 0.717) is 22.6 Å². The smallest absolute Gasteiger partial charge is 0.343 e. The summed E-state index contributed by atoms with van der Waals surface area (Å²) < 4.78 is 34.6. The number of rotatable bonds is 5. The topological polar surface area (TPSA) is 71.1 Å². The molecule has 0 radical (unpaired) electrons. The van der Waals surface area contributed by atoms with Gasteiger partial charge in [0.2, 0.25) is 5.78 Å². The fourth-order valence-electron chi connectivity index (χ4n) is 3.06. The van der Waals surface area contributed by atoms with Crippen LogP contribution in [-0.4, -0.2) is 26.0 Å². The zero-order chi connectivity index (χ0) is 22.0. The van der Waals surface area contributed by atoms with Gasteiger partial charge in [0, 0.05) is 17.7 Å². The number of hydrogen-bond acceptors (Lipinski definition) is 6. The van der Waals surface area contributed by atoms with Gasteiger partial charge in [-0.1, -0.05) is 0 Å². The van der Waals surface area contributed by atoms with Crippen molar-refractivity contribution in [2.24, 2.45) is 0 Å². The molecule has 3 aromatic rings. The number of carbonyl (C=O) groups is 2. The van der Waals surface area contributed by atoms with Crippen LogP contribution in [0.25, 0.3) is 6.08 Å². The highest BCUT2D eigenvalue weighted by molar-refractivity contribution is 6.14. The van der Waals surface area contributed by atoms with Crippen LogP contribution >= 0.6 is 0 Å². The van der Waals surface area contributed by atoms with Crippen LogP contribution in [0.1, 0.15) is 26.3 Å². The van der Waals surface area contributed by atoms with E-state index in [-0.39, 0.29) is 28.6 Å². The van der Waals surface area contributed by atoms with Gasteiger partial charge in [0.1, 0.15) is 28.8 Å². The summed E-state index contributed by atoms with van der Waals surface area (Å²) in [7, 11) is 3.07. The van der Waals surface area contributed by atoms with Gasteiger partial charge in [0.15, 0.2) is 5.76 Å². The molecule has 31 heavy (non-hydrogen) atoms. The monoisotopic (exact) mass is 420 g/mol. The number of ketones is 1. The lowest BCUT2D eigenvalue weighted by molar-refractivity contribution is 0.0734. The largest absolute Gasteiger partial charge is 0.497 e. The van der Waals surface area contributed by atoms with Gasteiger partial charge in [-0.3, -0.25) is 4.79 Å². The number of Topliss-reactive ketones (excluding diaryl/α,β-unsaturated/α-hetero) is 1. The van der Waals surface area contributed by atoms with Crippen LogP contribution in [0.4, 0.5) is 4.39 Å². The Bertz CT molecular complexity index is 1200. The molecule has 0 fully saturated rings. The van der Waals surface area contributed by atoms with Crippen LogP contribution in [0, 0.1) is 5.82 Å². The van der Waals surface area contributed by atoms with E-state index >= 15 is 0 Å². The van der Waals surface area contributed by atoms with E-state index in [0.717, 1.165) is 0 Å². The molecule has 0 bridgehead atoms. The summed E-state index contributed by atoms with van der Waals surface area (Å²) in [5, 5.41) is 0. The molecule has 0 atom stereocenters. The molecule has 0 spiro atoms. The highest BCUT2D eigenvalue weighted by Gasteiger charge is 2.28. The lowest BCUT2D eigenvalue weighted by atomic mass is 10.1. The zero-order valence-corrected chi connectivity index (χ0v) is 16.7. The molecule has 0 aromatic heterocycles. The molecule has 0 unspecified atom stereocenters. The third kappa shape index (κ3) is 4.11. The van der Waals surface area contributed by atoms with Gasteiger partial charge in [-0.25, -0.2) is 9.18 Å². The number of benzene rings is 3. The fourth-order valence-corrected chi connectivity index (χ4v) is 3.06. The molecular formula is C24H17FO6. The number of methoxy groups -OCH3 is 2. The Balaban J connectivity index is 1.56. The van der Waals surface area contributed by atoms with Gasteiger partial charge in [-0.05, 0) is 54.6 Å². The molecule has 0 N–H and O–H groups in total. The second kappa shape index (κ2) is 8.31. The number of hydrogen-bond donors (Lipinski definition) is 0. The second-order valence-electron chi connectivity index (χ2n) is 6.60. The average molecular weight is 420 g/mol. The summed E-state index contributed by atoms with van der Waals surface area (Å²) in [6.45, 7) is 0. The predicted molar refractivity (Wildman–Crippen MR) is 110 cm³/mol. The van der Waals surface area contributed by atoms with Gasteiger partial charge in [-0.2, -0.15) is 0 Å². The number of halogens is 1. The van der Waals surface area contributed by atoms with Crippen molar-refractivity contribution in [2.45, 2.75) is 0 Å². The minimum atomic E-state index is -0.650. The van der Waals surface area contributed by atoms with E-state index in [2.05, 4.69) is 0 Å². The number of allylic oxidation sites excluding steroid dienone is 1. The number of carbonyl (C=O) groups excluding carboxylic acids is 2. The summed E-state index contributed by atoms with van der Waals surface area (Å²) in [6.07, 6.45) is 1.57. The molecule has 6 nitrogen and oxygen atoms in total. The van der Waals surface area contributed by atoms with Crippen LogP contribution in [0.5, 0.6) is 23.0 Å². The maximum Gasteiger partial charge on any atom is 0.343 e. The standard InChI is InChI=1S/C24H17FO6/c1-28-17-8-5-15(20(12-17)29-2)11-22-23(26)19-10-9-18(13-21(19)31-22)30-24(27)14-3-6-16(25)7-4-14/h3-13H,1-2H3. The van der Waals surface area contributed by atoms with E-state index in [1.165, 1.54) is 49.6 Å². The SMILES string of the molecule is COc1ccc(C=C2Oc3cc(OC(=O)c4ccc(F)cc4)ccc3C2=O)c(OC)c1. The molecule has 1 aliphatic heterocycles. The molecule has 0 saturated carbocycles. The van der Waals surface area contributed by atoms with E-state index in [4.69, 9.17) is 18.9 Å². The van der Waals surface area contributed by atoms with Crippen molar-refractivity contribution in [3.05, 3.63) is 88.9 Å². The number of ether oxygens (including phenoxy) is 4. The van der Waals surface area contributed by atoms with Crippen LogP contribution in [0.3, 0.4) is 0 Å². The van der Waals surface area contributed by atoms with Crippen LogP contribution in [-0.2, 0) is 0 Å². The third-order valence-corrected chi connectivity index (χ3v) is 4.66. The van der Waals surface area contributed by atoms with Gasteiger partial charge in [-0.15, -0.1) is 0 Å². The Morgan fingerprint density at radius 2 is 1.68 bits per heavy atom. The maximum absolute atomic E-state index is 13.0. The Hall–Kier alpha value is -4.13. The molecule has 0 saturated heterocycles. The summed E-state index contributed by atoms with van der Waals surface area (Å²) in [6, 6.07) is 14.7. The molecule has 3 aromatic carbocycles. The van der Waals surface area contributed by atoms with E-state index in [1.54, 1.807) is 31.4 Å². The molecule has 4 rings (SSSR count). The molecule has 1 aliphatic rings. The normalized spacial score (nSPS) is 13.5.